The zero-order valence-electron chi connectivity index (χ0n) is 12.3. The summed E-state index contributed by atoms with van der Waals surface area (Å²) < 4.78 is 19.0. The molecule has 0 bridgehead atoms. The zero-order valence-corrected chi connectivity index (χ0v) is 14.7. The number of ether oxygens (including phenoxy) is 1. The molecular formula is C15H13BrFN3O3S. The molecule has 0 spiro atoms. The van der Waals surface area contributed by atoms with Crippen molar-refractivity contribution in [3.05, 3.63) is 52.2 Å². The maximum Gasteiger partial charge on any atom is 0.358 e. The number of nitrogens with zero attached hydrogens (tertiary/aromatic N) is 1. The molecule has 0 saturated carbocycles. The number of hydrogen-bond acceptors (Lipinski definition) is 6. The van der Waals surface area contributed by atoms with Gasteiger partial charge < -0.3 is 15.4 Å². The lowest BCUT2D eigenvalue weighted by Crippen LogP contribution is -2.21. The number of carbonyl (C=O) groups excluding carboxylic acids is 2. The Hall–Kier alpha value is -2.26. The lowest BCUT2D eigenvalue weighted by Gasteiger charge is -2.07. The van der Waals surface area contributed by atoms with E-state index in [4.69, 9.17) is 4.74 Å². The van der Waals surface area contributed by atoms with Gasteiger partial charge in [-0.25, -0.2) is 14.2 Å². The molecule has 0 unspecified atom stereocenters. The van der Waals surface area contributed by atoms with Crippen molar-refractivity contribution in [1.82, 2.24) is 4.98 Å². The van der Waals surface area contributed by atoms with E-state index in [1.54, 1.807) is 12.1 Å². The number of anilines is 2. The molecule has 0 saturated heterocycles. The van der Waals surface area contributed by atoms with Crippen LogP contribution in [0, 0.1) is 5.82 Å². The highest BCUT2D eigenvalue weighted by molar-refractivity contribution is 9.10. The molecule has 6 nitrogen and oxygen atoms in total. The number of aromatic nitrogens is 1. The second-order valence-electron chi connectivity index (χ2n) is 4.46. The molecule has 0 radical (unpaired) electrons. The van der Waals surface area contributed by atoms with E-state index in [0.29, 0.717) is 16.1 Å². The lowest BCUT2D eigenvalue weighted by molar-refractivity contribution is -0.119. The van der Waals surface area contributed by atoms with Crippen LogP contribution < -0.4 is 10.6 Å². The van der Waals surface area contributed by atoms with E-state index in [0.717, 1.165) is 0 Å². The number of amides is 1. The first-order chi connectivity index (χ1) is 11.5. The third-order valence-corrected chi connectivity index (χ3v) is 3.94. The average molecular weight is 414 g/mol. The van der Waals surface area contributed by atoms with Crippen molar-refractivity contribution < 1.29 is 18.7 Å². The minimum Gasteiger partial charge on any atom is -0.451 e. The third-order valence-electron chi connectivity index (χ3n) is 2.65. The van der Waals surface area contributed by atoms with E-state index in [1.807, 2.05) is 0 Å². The van der Waals surface area contributed by atoms with Crippen molar-refractivity contribution in [1.29, 1.82) is 0 Å². The van der Waals surface area contributed by atoms with Crippen LogP contribution in [0.5, 0.6) is 0 Å². The normalized spacial score (nSPS) is 10.1. The molecule has 1 aromatic carbocycles. The van der Waals surface area contributed by atoms with Gasteiger partial charge >= 0.3 is 5.97 Å². The van der Waals surface area contributed by atoms with Gasteiger partial charge in [0.2, 0.25) is 0 Å². The quantitative estimate of drug-likeness (QED) is 0.536. The molecule has 126 valence electrons. The summed E-state index contributed by atoms with van der Waals surface area (Å²) >= 11 is 4.35. The monoisotopic (exact) mass is 413 g/mol. The predicted molar refractivity (Wildman–Crippen MR) is 93.8 cm³/mol. The second-order valence-corrected chi connectivity index (χ2v) is 6.23. The van der Waals surface area contributed by atoms with Crippen LogP contribution in [0.25, 0.3) is 0 Å². The summed E-state index contributed by atoms with van der Waals surface area (Å²) in [5, 5.41) is 7.32. The molecule has 2 rings (SSSR count). The van der Waals surface area contributed by atoms with Crippen molar-refractivity contribution in [2.24, 2.45) is 0 Å². The number of thiazole rings is 1. The fraction of sp³-hybridized carbons (Fsp3) is 0.133. The first-order valence-corrected chi connectivity index (χ1v) is 8.39. The smallest absolute Gasteiger partial charge is 0.358 e. The van der Waals surface area contributed by atoms with Gasteiger partial charge in [0, 0.05) is 16.4 Å². The van der Waals surface area contributed by atoms with Gasteiger partial charge in [0.1, 0.15) is 5.82 Å². The highest BCUT2D eigenvalue weighted by Crippen LogP contribution is 2.19. The fourth-order valence-corrected chi connectivity index (χ4v) is 2.61. The molecule has 0 atom stereocenters. The number of carbonyl (C=O) groups is 2. The molecule has 24 heavy (non-hydrogen) atoms. The molecule has 2 aromatic rings. The molecule has 2 N–H and O–H groups in total. The van der Waals surface area contributed by atoms with Gasteiger partial charge in [-0.05, 0) is 18.2 Å². The molecule has 0 fully saturated rings. The van der Waals surface area contributed by atoms with E-state index in [9.17, 15) is 14.0 Å². The number of hydrogen-bond donors (Lipinski definition) is 2. The van der Waals surface area contributed by atoms with E-state index in [-0.39, 0.29) is 11.4 Å². The molecule has 0 aliphatic carbocycles. The van der Waals surface area contributed by atoms with Crippen LogP contribution in [0.15, 0.2) is 40.7 Å². The van der Waals surface area contributed by atoms with Gasteiger partial charge in [-0.3, -0.25) is 4.79 Å². The largest absolute Gasteiger partial charge is 0.451 e. The Labute approximate surface area is 149 Å². The molecule has 1 heterocycles. The Morgan fingerprint density at radius 2 is 2.25 bits per heavy atom. The summed E-state index contributed by atoms with van der Waals surface area (Å²) in [7, 11) is 0. The summed E-state index contributed by atoms with van der Waals surface area (Å²) in [6.45, 7) is 3.54. The molecule has 9 heteroatoms. The summed E-state index contributed by atoms with van der Waals surface area (Å²) in [6, 6.07) is 4.20. The zero-order chi connectivity index (χ0) is 17.5. The molecule has 0 aliphatic heterocycles. The van der Waals surface area contributed by atoms with Crippen LogP contribution in [0.1, 0.15) is 10.5 Å². The predicted octanol–water partition coefficient (Wildman–Crippen LogP) is 3.44. The van der Waals surface area contributed by atoms with E-state index >= 15 is 0 Å². The van der Waals surface area contributed by atoms with Crippen LogP contribution >= 0.6 is 27.3 Å². The number of benzene rings is 1. The Balaban J connectivity index is 1.85. The van der Waals surface area contributed by atoms with Crippen molar-refractivity contribution in [3.63, 3.8) is 0 Å². The minimum atomic E-state index is -0.732. The average Bonchev–Trinajstić information content (AvgIpc) is 3.02. The number of nitrogens with one attached hydrogen (secondary N) is 2. The first kappa shape index (κ1) is 18.1. The Bertz CT molecular complexity index is 766. The highest BCUT2D eigenvalue weighted by Gasteiger charge is 2.15. The molecule has 1 amide bonds. The Kier molecular flexibility index (Phi) is 6.44. The van der Waals surface area contributed by atoms with Gasteiger partial charge in [0.05, 0.1) is 5.69 Å². The van der Waals surface area contributed by atoms with Gasteiger partial charge in [0.15, 0.2) is 17.4 Å². The summed E-state index contributed by atoms with van der Waals surface area (Å²) in [4.78, 5) is 27.6. The van der Waals surface area contributed by atoms with Crippen LogP contribution in [-0.2, 0) is 9.53 Å². The van der Waals surface area contributed by atoms with Crippen molar-refractivity contribution in [2.75, 3.05) is 23.8 Å². The van der Waals surface area contributed by atoms with Crippen molar-refractivity contribution in [2.45, 2.75) is 0 Å². The number of rotatable bonds is 7. The highest BCUT2D eigenvalue weighted by atomic mass is 79.9. The van der Waals surface area contributed by atoms with E-state index in [1.165, 1.54) is 28.8 Å². The molecular weight excluding hydrogens is 401 g/mol. The number of halogens is 2. The molecule has 0 aliphatic rings. The summed E-state index contributed by atoms with van der Waals surface area (Å²) in [5.41, 5.74) is 0.0954. The van der Waals surface area contributed by atoms with E-state index < -0.39 is 24.3 Å². The lowest BCUT2D eigenvalue weighted by atomic mass is 10.3. The van der Waals surface area contributed by atoms with Crippen LogP contribution in [0.3, 0.4) is 0 Å². The van der Waals surface area contributed by atoms with E-state index in [2.05, 4.69) is 38.1 Å². The van der Waals surface area contributed by atoms with Gasteiger partial charge in [-0.15, -0.1) is 17.9 Å². The van der Waals surface area contributed by atoms with Crippen molar-refractivity contribution >= 4 is 50.0 Å². The van der Waals surface area contributed by atoms with Gasteiger partial charge in [-0.2, -0.15) is 0 Å². The standard InChI is InChI=1S/C15H13BrFN3O3S/c1-2-5-18-15-20-12(8-24-15)14(22)23-7-13(21)19-11-4-3-9(16)6-10(11)17/h2-4,6,8H,1,5,7H2,(H,18,20)(H,19,21). The first-order valence-electron chi connectivity index (χ1n) is 6.72. The van der Waals surface area contributed by atoms with Crippen molar-refractivity contribution in [3.8, 4) is 0 Å². The fourth-order valence-electron chi connectivity index (χ4n) is 1.59. The van der Waals surface area contributed by atoms with Gasteiger partial charge in [0.25, 0.3) is 5.91 Å². The Morgan fingerprint density at radius 1 is 1.46 bits per heavy atom. The SMILES string of the molecule is C=CCNc1nc(C(=O)OCC(=O)Nc2ccc(Br)cc2F)cs1. The minimum absolute atomic E-state index is 0.00354. The molecule has 1 aromatic heterocycles. The summed E-state index contributed by atoms with van der Waals surface area (Å²) in [6.07, 6.45) is 1.66. The third kappa shape index (κ3) is 5.14. The van der Waals surface area contributed by atoms with Crippen LogP contribution in [0.4, 0.5) is 15.2 Å². The Morgan fingerprint density at radius 3 is 2.96 bits per heavy atom. The maximum atomic E-state index is 13.6. The van der Waals surface area contributed by atoms with Crippen LogP contribution in [0.2, 0.25) is 0 Å². The summed E-state index contributed by atoms with van der Waals surface area (Å²) in [5.74, 6) is -1.98. The maximum absolute atomic E-state index is 13.6. The second kappa shape index (κ2) is 8.55. The topological polar surface area (TPSA) is 80.3 Å². The van der Waals surface area contributed by atoms with Gasteiger partial charge in [-0.1, -0.05) is 22.0 Å². The number of esters is 1. The van der Waals surface area contributed by atoms with Crippen LogP contribution in [-0.4, -0.2) is 30.0 Å².